The Hall–Kier alpha value is -1.78. The Labute approximate surface area is 203 Å². The number of tetrazole rings is 1. The molecule has 0 unspecified atom stereocenters. The van der Waals surface area contributed by atoms with E-state index in [2.05, 4.69) is 20.6 Å². The Kier molecular flexibility index (Phi) is 7.39. The van der Waals surface area contributed by atoms with Crippen LogP contribution in [0.2, 0.25) is 10.0 Å². The lowest BCUT2D eigenvalue weighted by molar-refractivity contribution is -0.122. The number of hydrogen-bond acceptors (Lipinski definition) is 7. The van der Waals surface area contributed by atoms with Gasteiger partial charge in [0.15, 0.2) is 5.82 Å². The Morgan fingerprint density at radius 1 is 1.13 bits per heavy atom. The number of unbranched alkanes of at least 4 members (excludes halogenated alkanes) is 2. The van der Waals surface area contributed by atoms with Crippen LogP contribution in [0.4, 0.5) is 0 Å². The maximum absolute atomic E-state index is 12.8. The van der Waals surface area contributed by atoms with Gasteiger partial charge in [0.1, 0.15) is 4.32 Å². The van der Waals surface area contributed by atoms with Crippen LogP contribution >= 0.6 is 58.5 Å². The normalized spacial score (nSPS) is 15.4. The molecule has 1 aliphatic rings. The predicted octanol–water partition coefficient (Wildman–Crippen LogP) is 5.85. The molecule has 1 aromatic carbocycles. The van der Waals surface area contributed by atoms with E-state index >= 15 is 0 Å². The van der Waals surface area contributed by atoms with Crippen molar-refractivity contribution in [2.24, 2.45) is 0 Å². The van der Waals surface area contributed by atoms with Crippen molar-refractivity contribution in [1.82, 2.24) is 25.5 Å². The molecule has 0 atom stereocenters. The van der Waals surface area contributed by atoms with Crippen molar-refractivity contribution in [3.63, 3.8) is 0 Å². The highest BCUT2D eigenvalue weighted by Gasteiger charge is 2.31. The average Bonchev–Trinajstić information content (AvgIpc) is 3.48. The molecule has 4 rings (SSSR count). The van der Waals surface area contributed by atoms with Crippen LogP contribution in [0.5, 0.6) is 0 Å². The van der Waals surface area contributed by atoms with E-state index in [0.717, 1.165) is 41.7 Å². The highest BCUT2D eigenvalue weighted by molar-refractivity contribution is 8.26. The lowest BCUT2D eigenvalue weighted by Gasteiger charge is -2.13. The second kappa shape index (κ2) is 10.2. The summed E-state index contributed by atoms with van der Waals surface area (Å²) >= 11 is 20.5. The van der Waals surface area contributed by atoms with Gasteiger partial charge in [-0.25, -0.2) is 0 Å². The molecule has 0 aliphatic carbocycles. The minimum atomic E-state index is -0.0299. The number of nitrogens with zero attached hydrogens (tertiary/aromatic N) is 4. The quantitative estimate of drug-likeness (QED) is 0.233. The first-order chi connectivity index (χ1) is 15.0. The van der Waals surface area contributed by atoms with Crippen molar-refractivity contribution in [1.29, 1.82) is 0 Å². The van der Waals surface area contributed by atoms with Gasteiger partial charge in [0.05, 0.1) is 15.0 Å². The summed E-state index contributed by atoms with van der Waals surface area (Å²) in [5, 5.41) is 17.0. The van der Waals surface area contributed by atoms with E-state index in [-0.39, 0.29) is 5.91 Å². The summed E-state index contributed by atoms with van der Waals surface area (Å²) in [6.07, 6.45) is 5.45. The number of H-pyrrole nitrogens is 1. The number of thioether (sulfide) groups is 1. The van der Waals surface area contributed by atoms with Gasteiger partial charge in [-0.3, -0.25) is 9.69 Å². The molecular weight excluding hydrogens is 493 g/mol. The highest BCUT2D eigenvalue weighted by Crippen LogP contribution is 2.36. The van der Waals surface area contributed by atoms with Crippen molar-refractivity contribution >= 4 is 74.8 Å². The lowest BCUT2D eigenvalue weighted by Crippen LogP contribution is -2.29. The fraction of sp³-hybridized carbons (Fsp3) is 0.250. The van der Waals surface area contributed by atoms with Crippen molar-refractivity contribution in [2.75, 3.05) is 6.54 Å². The smallest absolute Gasteiger partial charge is 0.266 e. The summed E-state index contributed by atoms with van der Waals surface area (Å²) in [6, 6.07) is 7.59. The van der Waals surface area contributed by atoms with Crippen LogP contribution in [0.3, 0.4) is 0 Å². The fourth-order valence-corrected chi connectivity index (χ4v) is 5.62. The molecule has 6 nitrogen and oxygen atoms in total. The summed E-state index contributed by atoms with van der Waals surface area (Å²) in [4.78, 5) is 16.1. The Balaban J connectivity index is 1.34. The molecule has 0 radical (unpaired) electrons. The lowest BCUT2D eigenvalue weighted by atomic mass is 10.1. The van der Waals surface area contributed by atoms with Crippen molar-refractivity contribution < 1.29 is 4.79 Å². The average molecular weight is 510 g/mol. The zero-order valence-corrected chi connectivity index (χ0v) is 20.1. The third-order valence-electron chi connectivity index (χ3n) is 4.69. The van der Waals surface area contributed by atoms with E-state index in [0.29, 0.717) is 31.6 Å². The number of amides is 1. The summed E-state index contributed by atoms with van der Waals surface area (Å²) in [6.45, 7) is 0.618. The first-order valence-electron chi connectivity index (χ1n) is 9.53. The molecule has 3 heterocycles. The third-order valence-corrected chi connectivity index (χ3v) is 7.69. The molecule has 160 valence electrons. The monoisotopic (exact) mass is 509 g/mol. The van der Waals surface area contributed by atoms with E-state index in [1.807, 2.05) is 29.7 Å². The summed E-state index contributed by atoms with van der Waals surface area (Å²) < 4.78 is 0.607. The topological polar surface area (TPSA) is 74.8 Å². The van der Waals surface area contributed by atoms with Crippen LogP contribution < -0.4 is 0 Å². The molecule has 2 aromatic heterocycles. The third kappa shape index (κ3) is 5.53. The van der Waals surface area contributed by atoms with Crippen LogP contribution in [-0.4, -0.2) is 42.3 Å². The molecule has 31 heavy (non-hydrogen) atoms. The van der Waals surface area contributed by atoms with Crippen LogP contribution in [0, 0.1) is 0 Å². The standard InChI is InChI=1S/C20H17Cl2N5OS3/c21-15-6-5-12(9-16(15)22)13-8-14(30-11-13)10-17-19(28)27(20(29)31-17)7-3-1-2-4-18-23-25-26-24-18/h5-6,8-11H,1-4,7H2,(H,23,24,25,26). The highest BCUT2D eigenvalue weighted by atomic mass is 35.5. The van der Waals surface area contributed by atoms with Crippen molar-refractivity contribution in [2.45, 2.75) is 25.7 Å². The molecule has 1 saturated heterocycles. The number of carbonyl (C=O) groups excluding carboxylic acids is 1. The Bertz CT molecular complexity index is 1130. The molecule has 0 saturated carbocycles. The Morgan fingerprint density at radius 2 is 2.00 bits per heavy atom. The van der Waals surface area contributed by atoms with Gasteiger partial charge in [0.2, 0.25) is 0 Å². The number of thiophene rings is 1. The zero-order chi connectivity index (χ0) is 21.8. The number of aryl methyl sites for hydroxylation is 1. The summed E-state index contributed by atoms with van der Waals surface area (Å²) in [5.41, 5.74) is 2.02. The SMILES string of the molecule is O=C1C(=Cc2cc(-c3ccc(Cl)c(Cl)c3)cs2)SC(=S)N1CCCCCc1nn[nH]n1. The number of halogens is 2. The minimum absolute atomic E-state index is 0.0299. The number of aromatic nitrogens is 4. The van der Waals surface area contributed by atoms with E-state index in [4.69, 9.17) is 35.4 Å². The molecule has 1 amide bonds. The molecule has 0 bridgehead atoms. The number of nitrogens with one attached hydrogen (secondary N) is 1. The van der Waals surface area contributed by atoms with E-state index in [1.165, 1.54) is 11.8 Å². The van der Waals surface area contributed by atoms with Crippen LogP contribution in [0.15, 0.2) is 34.6 Å². The van der Waals surface area contributed by atoms with Gasteiger partial charge < -0.3 is 0 Å². The first-order valence-corrected chi connectivity index (χ1v) is 12.4. The van der Waals surface area contributed by atoms with Gasteiger partial charge in [-0.2, -0.15) is 5.21 Å². The van der Waals surface area contributed by atoms with Gasteiger partial charge >= 0.3 is 0 Å². The predicted molar refractivity (Wildman–Crippen MR) is 131 cm³/mol. The molecule has 11 heteroatoms. The number of hydrogen-bond donors (Lipinski definition) is 1. The van der Waals surface area contributed by atoms with Crippen molar-refractivity contribution in [3.8, 4) is 11.1 Å². The number of aromatic amines is 1. The molecule has 1 fully saturated rings. The second-order valence-electron chi connectivity index (χ2n) is 6.84. The molecule has 3 aromatic rings. The largest absolute Gasteiger partial charge is 0.293 e. The summed E-state index contributed by atoms with van der Waals surface area (Å²) in [5.74, 6) is 0.683. The summed E-state index contributed by atoms with van der Waals surface area (Å²) in [7, 11) is 0. The second-order valence-corrected chi connectivity index (χ2v) is 10.3. The molecule has 1 N–H and O–H groups in total. The van der Waals surface area contributed by atoms with Gasteiger partial charge in [-0.05, 0) is 53.6 Å². The van der Waals surface area contributed by atoms with Crippen LogP contribution in [-0.2, 0) is 11.2 Å². The maximum Gasteiger partial charge on any atom is 0.266 e. The van der Waals surface area contributed by atoms with E-state index in [9.17, 15) is 4.79 Å². The number of thiocarbonyl (C=S) groups is 1. The van der Waals surface area contributed by atoms with Gasteiger partial charge in [-0.1, -0.05) is 64.9 Å². The maximum atomic E-state index is 12.8. The first kappa shape index (κ1) is 22.4. The van der Waals surface area contributed by atoms with E-state index < -0.39 is 0 Å². The number of benzene rings is 1. The zero-order valence-electron chi connectivity index (χ0n) is 16.2. The number of carbonyl (C=O) groups is 1. The van der Waals surface area contributed by atoms with E-state index in [1.54, 1.807) is 22.3 Å². The van der Waals surface area contributed by atoms with Crippen molar-refractivity contribution in [3.05, 3.63) is 55.3 Å². The van der Waals surface area contributed by atoms with Crippen LogP contribution in [0.25, 0.3) is 17.2 Å². The minimum Gasteiger partial charge on any atom is -0.293 e. The molecule has 0 spiro atoms. The van der Waals surface area contributed by atoms with Crippen LogP contribution in [0.1, 0.15) is 30.0 Å². The van der Waals surface area contributed by atoms with Gasteiger partial charge in [-0.15, -0.1) is 21.5 Å². The Morgan fingerprint density at radius 3 is 2.77 bits per heavy atom. The number of rotatable bonds is 8. The van der Waals surface area contributed by atoms with Gasteiger partial charge in [0, 0.05) is 17.8 Å². The molecular formula is C20H17Cl2N5OS3. The molecule has 1 aliphatic heterocycles. The van der Waals surface area contributed by atoms with Gasteiger partial charge in [0.25, 0.3) is 5.91 Å². The fourth-order valence-electron chi connectivity index (χ4n) is 3.10.